The summed E-state index contributed by atoms with van der Waals surface area (Å²) in [5, 5.41) is 3.25. The molecule has 0 radical (unpaired) electrons. The molecule has 1 heterocycles. The molecule has 84 valence electrons. The van der Waals surface area contributed by atoms with Crippen LogP contribution in [0.2, 0.25) is 0 Å². The molecule has 0 aliphatic carbocycles. The van der Waals surface area contributed by atoms with Crippen molar-refractivity contribution >= 4 is 9.84 Å². The van der Waals surface area contributed by atoms with Gasteiger partial charge in [-0.05, 0) is 19.8 Å². The summed E-state index contributed by atoms with van der Waals surface area (Å²) >= 11 is 0. The van der Waals surface area contributed by atoms with Crippen molar-refractivity contribution in [2.24, 2.45) is 0 Å². The van der Waals surface area contributed by atoms with Crippen LogP contribution in [0.25, 0.3) is 0 Å². The number of hydrogen-bond donors (Lipinski definition) is 1. The van der Waals surface area contributed by atoms with Crippen molar-refractivity contribution in [2.75, 3.05) is 31.8 Å². The Bertz CT molecular complexity index is 268. The van der Waals surface area contributed by atoms with Crippen LogP contribution in [0.15, 0.2) is 0 Å². The molecule has 4 nitrogen and oxygen atoms in total. The maximum absolute atomic E-state index is 10.9. The Morgan fingerprint density at radius 1 is 1.50 bits per heavy atom. The lowest BCUT2D eigenvalue weighted by atomic mass is 9.95. The zero-order chi connectivity index (χ0) is 10.7. The maximum Gasteiger partial charge on any atom is 0.148 e. The molecule has 1 fully saturated rings. The smallest absolute Gasteiger partial charge is 0.148 e. The van der Waals surface area contributed by atoms with E-state index < -0.39 is 9.84 Å². The molecule has 1 atom stereocenters. The number of ether oxygens (including phenoxy) is 1. The first kappa shape index (κ1) is 11.9. The van der Waals surface area contributed by atoms with Crippen LogP contribution in [-0.2, 0) is 14.6 Å². The molecule has 0 bridgehead atoms. The highest BCUT2D eigenvalue weighted by molar-refractivity contribution is 7.90. The second-order valence-electron chi connectivity index (χ2n) is 4.27. The van der Waals surface area contributed by atoms with Gasteiger partial charge in [0.1, 0.15) is 9.84 Å². The summed E-state index contributed by atoms with van der Waals surface area (Å²) in [6.45, 7) is 4.09. The van der Waals surface area contributed by atoms with Crippen LogP contribution in [0.1, 0.15) is 19.8 Å². The Morgan fingerprint density at radius 3 is 2.71 bits per heavy atom. The van der Waals surface area contributed by atoms with Crippen LogP contribution in [-0.4, -0.2) is 45.7 Å². The molecule has 0 aromatic heterocycles. The monoisotopic (exact) mass is 221 g/mol. The summed E-state index contributed by atoms with van der Waals surface area (Å²) in [7, 11) is -2.86. The highest BCUT2D eigenvalue weighted by Crippen LogP contribution is 2.17. The third-order valence-corrected chi connectivity index (χ3v) is 3.41. The van der Waals surface area contributed by atoms with Crippen molar-refractivity contribution < 1.29 is 13.2 Å². The average molecular weight is 221 g/mol. The molecule has 1 aliphatic rings. The molecule has 0 aromatic carbocycles. The lowest BCUT2D eigenvalue weighted by Gasteiger charge is -2.34. The first-order valence-electron chi connectivity index (χ1n) is 4.92. The molecular weight excluding hydrogens is 202 g/mol. The minimum atomic E-state index is -2.86. The van der Waals surface area contributed by atoms with Gasteiger partial charge in [0.2, 0.25) is 0 Å². The third kappa shape index (κ3) is 4.39. The van der Waals surface area contributed by atoms with Gasteiger partial charge in [-0.3, -0.25) is 0 Å². The van der Waals surface area contributed by atoms with Gasteiger partial charge in [0.05, 0.1) is 12.4 Å². The minimum Gasteiger partial charge on any atom is -0.380 e. The lowest BCUT2D eigenvalue weighted by molar-refractivity contribution is 0.0295. The van der Waals surface area contributed by atoms with Crippen molar-refractivity contribution in [1.29, 1.82) is 0 Å². The van der Waals surface area contributed by atoms with Crippen LogP contribution in [0, 0.1) is 0 Å². The zero-order valence-electron chi connectivity index (χ0n) is 8.88. The fourth-order valence-electron chi connectivity index (χ4n) is 1.61. The Kier molecular flexibility index (Phi) is 3.92. The summed E-state index contributed by atoms with van der Waals surface area (Å²) in [6, 6.07) is 0. The molecular formula is C9H19NO3S. The molecule has 0 saturated carbocycles. The zero-order valence-corrected chi connectivity index (χ0v) is 9.69. The van der Waals surface area contributed by atoms with Crippen molar-refractivity contribution in [2.45, 2.75) is 25.3 Å². The second kappa shape index (κ2) is 4.59. The third-order valence-electron chi connectivity index (χ3n) is 2.46. The van der Waals surface area contributed by atoms with Crippen LogP contribution < -0.4 is 5.32 Å². The standard InChI is InChI=1S/C9H19NO3S/c1-9(4-3-6-13-8-9)10-5-7-14(2,11)12/h10H,3-8H2,1-2H3. The normalized spacial score (nSPS) is 29.0. The summed E-state index contributed by atoms with van der Waals surface area (Å²) < 4.78 is 27.2. The van der Waals surface area contributed by atoms with Crippen molar-refractivity contribution in [1.82, 2.24) is 5.32 Å². The van der Waals surface area contributed by atoms with E-state index >= 15 is 0 Å². The van der Waals surface area contributed by atoms with Gasteiger partial charge in [-0.1, -0.05) is 0 Å². The Labute approximate surface area is 85.9 Å². The van der Waals surface area contributed by atoms with E-state index in [1.807, 2.05) is 0 Å². The average Bonchev–Trinajstić information content (AvgIpc) is 2.02. The molecule has 1 N–H and O–H groups in total. The van der Waals surface area contributed by atoms with Crippen LogP contribution in [0.3, 0.4) is 0 Å². The van der Waals surface area contributed by atoms with E-state index in [2.05, 4.69) is 12.2 Å². The predicted octanol–water partition coefficient (Wildman–Crippen LogP) is 0.190. The van der Waals surface area contributed by atoms with E-state index in [-0.39, 0.29) is 11.3 Å². The van der Waals surface area contributed by atoms with Gasteiger partial charge in [0, 0.05) is 24.9 Å². The number of rotatable bonds is 4. The van der Waals surface area contributed by atoms with E-state index in [0.717, 1.165) is 19.4 Å². The number of hydrogen-bond acceptors (Lipinski definition) is 4. The Morgan fingerprint density at radius 2 is 2.21 bits per heavy atom. The molecule has 5 heteroatoms. The van der Waals surface area contributed by atoms with Crippen molar-refractivity contribution in [3.63, 3.8) is 0 Å². The van der Waals surface area contributed by atoms with Gasteiger partial charge >= 0.3 is 0 Å². The van der Waals surface area contributed by atoms with Gasteiger partial charge in [-0.15, -0.1) is 0 Å². The maximum atomic E-state index is 10.9. The van der Waals surface area contributed by atoms with Gasteiger partial charge in [0.25, 0.3) is 0 Å². The highest BCUT2D eigenvalue weighted by Gasteiger charge is 2.26. The quantitative estimate of drug-likeness (QED) is 0.736. The van der Waals surface area contributed by atoms with Gasteiger partial charge in [-0.25, -0.2) is 8.42 Å². The Balaban J connectivity index is 2.29. The van der Waals surface area contributed by atoms with E-state index in [9.17, 15) is 8.42 Å². The van der Waals surface area contributed by atoms with Crippen molar-refractivity contribution in [3.8, 4) is 0 Å². The summed E-state index contributed by atoms with van der Waals surface area (Å²) in [6.07, 6.45) is 3.35. The summed E-state index contributed by atoms with van der Waals surface area (Å²) in [5.74, 6) is 0.197. The molecule has 0 spiro atoms. The predicted molar refractivity (Wildman–Crippen MR) is 56.2 cm³/mol. The number of sulfone groups is 1. The van der Waals surface area contributed by atoms with Crippen LogP contribution in [0.5, 0.6) is 0 Å². The van der Waals surface area contributed by atoms with Crippen LogP contribution >= 0.6 is 0 Å². The molecule has 14 heavy (non-hydrogen) atoms. The molecule has 0 amide bonds. The van der Waals surface area contributed by atoms with E-state index in [1.54, 1.807) is 0 Å². The van der Waals surface area contributed by atoms with Gasteiger partial charge < -0.3 is 10.1 Å². The lowest BCUT2D eigenvalue weighted by Crippen LogP contribution is -2.50. The first-order valence-corrected chi connectivity index (χ1v) is 6.98. The Hall–Kier alpha value is -0.130. The van der Waals surface area contributed by atoms with Gasteiger partial charge in [0.15, 0.2) is 0 Å². The van der Waals surface area contributed by atoms with Crippen LogP contribution in [0.4, 0.5) is 0 Å². The van der Waals surface area contributed by atoms with E-state index in [0.29, 0.717) is 13.2 Å². The molecule has 1 saturated heterocycles. The largest absolute Gasteiger partial charge is 0.380 e. The van der Waals surface area contributed by atoms with Crippen molar-refractivity contribution in [3.05, 3.63) is 0 Å². The molecule has 1 unspecified atom stereocenters. The highest BCUT2D eigenvalue weighted by atomic mass is 32.2. The number of nitrogens with one attached hydrogen (secondary N) is 1. The van der Waals surface area contributed by atoms with E-state index in [1.165, 1.54) is 6.26 Å². The summed E-state index contributed by atoms with van der Waals surface area (Å²) in [4.78, 5) is 0. The first-order chi connectivity index (χ1) is 6.41. The minimum absolute atomic E-state index is 0.0388. The second-order valence-corrected chi connectivity index (χ2v) is 6.53. The fraction of sp³-hybridized carbons (Fsp3) is 1.00. The fourth-order valence-corrected chi connectivity index (χ4v) is 2.08. The summed E-state index contributed by atoms with van der Waals surface area (Å²) in [5.41, 5.74) is -0.0388. The topological polar surface area (TPSA) is 55.4 Å². The van der Waals surface area contributed by atoms with Gasteiger partial charge in [-0.2, -0.15) is 0 Å². The molecule has 1 rings (SSSR count). The molecule has 1 aliphatic heterocycles. The van der Waals surface area contributed by atoms with E-state index in [4.69, 9.17) is 4.74 Å². The SMILES string of the molecule is CC1(NCCS(C)(=O)=O)CCCOC1. The molecule has 0 aromatic rings.